The molecule has 0 aliphatic carbocycles. The molecule has 0 spiro atoms. The average molecular weight is 366 g/mol. The van der Waals surface area contributed by atoms with E-state index in [0.29, 0.717) is 35.9 Å². The first-order valence-electron chi connectivity index (χ1n) is 8.06. The minimum absolute atomic E-state index is 0.202. The minimum atomic E-state index is -0.573. The first-order valence-corrected chi connectivity index (χ1v) is 8.06. The standard InChI is InChI=1S/C17H14N6O4/c1-26-17(25)11-9-23(8-10-14(11)20-21-16(10)24)7-5-13-19-15(22-27-13)12-4-2-3-6-18-12/h2-4,6,8-9H,5,7H2,1H3,(H,21,24). The normalized spacial score (nSPS) is 11.0. The van der Waals surface area contributed by atoms with Crippen molar-refractivity contribution in [3.05, 3.63) is 58.6 Å². The molecule has 0 unspecified atom stereocenters. The Labute approximate surface area is 152 Å². The molecule has 0 fully saturated rings. The van der Waals surface area contributed by atoms with Crippen molar-refractivity contribution in [2.24, 2.45) is 0 Å². The maximum atomic E-state index is 12.0. The highest BCUT2D eigenvalue weighted by atomic mass is 16.5. The summed E-state index contributed by atoms with van der Waals surface area (Å²) >= 11 is 0. The second kappa shape index (κ2) is 6.83. The maximum absolute atomic E-state index is 12.0. The summed E-state index contributed by atoms with van der Waals surface area (Å²) in [6.45, 7) is 0.411. The van der Waals surface area contributed by atoms with Gasteiger partial charge in [-0.05, 0) is 12.1 Å². The number of carbonyl (C=O) groups excluding carboxylic acids is 1. The second-order valence-corrected chi connectivity index (χ2v) is 5.69. The Hall–Kier alpha value is -3.82. The molecule has 0 radical (unpaired) electrons. The molecule has 2 aliphatic rings. The maximum Gasteiger partial charge on any atom is 0.341 e. The summed E-state index contributed by atoms with van der Waals surface area (Å²) in [5, 5.41) is 10.1. The van der Waals surface area contributed by atoms with Crippen molar-refractivity contribution in [2.45, 2.75) is 13.0 Å². The van der Waals surface area contributed by atoms with Crippen LogP contribution in [0.2, 0.25) is 0 Å². The van der Waals surface area contributed by atoms with E-state index in [9.17, 15) is 9.59 Å². The SMILES string of the molecule is COC(=O)c1cn(CCc2nc(-c3ccccn3)no2)cc2c(=O)[nH]nc1-2. The molecule has 0 bridgehead atoms. The van der Waals surface area contributed by atoms with E-state index in [1.165, 1.54) is 7.11 Å². The third kappa shape index (κ3) is 3.19. The fourth-order valence-corrected chi connectivity index (χ4v) is 2.66. The summed E-state index contributed by atoms with van der Waals surface area (Å²) < 4.78 is 11.7. The van der Waals surface area contributed by atoms with Crippen LogP contribution in [-0.2, 0) is 17.7 Å². The van der Waals surface area contributed by atoms with Gasteiger partial charge in [0, 0.05) is 31.6 Å². The van der Waals surface area contributed by atoms with E-state index in [0.717, 1.165) is 0 Å². The van der Waals surface area contributed by atoms with Crippen molar-refractivity contribution in [1.82, 2.24) is 29.9 Å². The summed E-state index contributed by atoms with van der Waals surface area (Å²) in [7, 11) is 1.27. The largest absolute Gasteiger partial charge is 0.465 e. The van der Waals surface area contributed by atoms with Crippen LogP contribution in [0.1, 0.15) is 16.2 Å². The van der Waals surface area contributed by atoms with E-state index < -0.39 is 5.97 Å². The predicted octanol–water partition coefficient (Wildman–Crippen LogP) is 1.15. The van der Waals surface area contributed by atoms with Gasteiger partial charge >= 0.3 is 5.97 Å². The van der Waals surface area contributed by atoms with Crippen LogP contribution >= 0.6 is 0 Å². The Morgan fingerprint density at radius 1 is 1.33 bits per heavy atom. The number of pyridine rings is 2. The lowest BCUT2D eigenvalue weighted by Gasteiger charge is -2.10. The Bertz CT molecular complexity index is 1110. The van der Waals surface area contributed by atoms with Crippen LogP contribution in [0, 0.1) is 0 Å². The number of esters is 1. The van der Waals surface area contributed by atoms with E-state index in [1.807, 2.05) is 6.07 Å². The van der Waals surface area contributed by atoms with Crippen molar-refractivity contribution >= 4 is 5.97 Å². The molecule has 2 aromatic rings. The zero-order valence-electron chi connectivity index (χ0n) is 14.2. The van der Waals surface area contributed by atoms with Gasteiger partial charge in [0.05, 0.1) is 12.7 Å². The quantitative estimate of drug-likeness (QED) is 0.521. The van der Waals surface area contributed by atoms with Gasteiger partial charge in [0.15, 0.2) is 0 Å². The molecule has 27 heavy (non-hydrogen) atoms. The number of aryl methyl sites for hydroxylation is 2. The number of methoxy groups -OCH3 is 1. The van der Waals surface area contributed by atoms with E-state index in [1.54, 1.807) is 35.3 Å². The fraction of sp³-hybridized carbons (Fsp3) is 0.176. The lowest BCUT2D eigenvalue weighted by atomic mass is 10.1. The molecule has 2 aromatic heterocycles. The molecule has 1 N–H and O–H groups in total. The van der Waals surface area contributed by atoms with Gasteiger partial charge in [0.2, 0.25) is 11.7 Å². The van der Waals surface area contributed by atoms with E-state index in [4.69, 9.17) is 9.26 Å². The van der Waals surface area contributed by atoms with Crippen LogP contribution in [0.25, 0.3) is 22.8 Å². The van der Waals surface area contributed by atoms with Crippen LogP contribution in [0.3, 0.4) is 0 Å². The molecule has 10 nitrogen and oxygen atoms in total. The molecule has 136 valence electrons. The van der Waals surface area contributed by atoms with E-state index in [2.05, 4.69) is 25.3 Å². The van der Waals surface area contributed by atoms with Gasteiger partial charge in [-0.25, -0.2) is 9.89 Å². The van der Waals surface area contributed by atoms with Crippen molar-refractivity contribution < 1.29 is 14.1 Å². The fourth-order valence-electron chi connectivity index (χ4n) is 2.66. The van der Waals surface area contributed by atoms with Crippen LogP contribution < -0.4 is 5.56 Å². The van der Waals surface area contributed by atoms with Gasteiger partial charge in [-0.15, -0.1) is 0 Å². The van der Waals surface area contributed by atoms with Crippen LogP contribution in [0.15, 0.2) is 46.1 Å². The molecule has 0 atom stereocenters. The Kier molecular flexibility index (Phi) is 4.21. The minimum Gasteiger partial charge on any atom is -0.465 e. The number of nitrogens with zero attached hydrogens (tertiary/aromatic N) is 5. The third-order valence-electron chi connectivity index (χ3n) is 3.97. The smallest absolute Gasteiger partial charge is 0.341 e. The molecule has 4 rings (SSSR count). The summed E-state index contributed by atoms with van der Waals surface area (Å²) in [6, 6.07) is 5.42. The topological polar surface area (TPSA) is 129 Å². The van der Waals surface area contributed by atoms with Crippen LogP contribution in [0.5, 0.6) is 0 Å². The highest BCUT2D eigenvalue weighted by molar-refractivity contribution is 5.95. The summed E-state index contributed by atoms with van der Waals surface area (Å²) in [6.07, 6.45) is 5.24. The van der Waals surface area contributed by atoms with Crippen molar-refractivity contribution in [3.63, 3.8) is 0 Å². The lowest BCUT2D eigenvalue weighted by Crippen LogP contribution is -2.13. The third-order valence-corrected chi connectivity index (χ3v) is 3.97. The average Bonchev–Trinajstić information content (AvgIpc) is 3.33. The zero-order chi connectivity index (χ0) is 18.8. The summed E-state index contributed by atoms with van der Waals surface area (Å²) in [5.41, 5.74) is 1.02. The van der Waals surface area contributed by atoms with Crippen LogP contribution in [-0.4, -0.2) is 43.0 Å². The highest BCUT2D eigenvalue weighted by Crippen LogP contribution is 2.21. The second-order valence-electron chi connectivity index (χ2n) is 5.69. The number of rotatable bonds is 5. The molecular weight excluding hydrogens is 352 g/mol. The number of fused-ring (bicyclic) bond motifs is 1. The van der Waals surface area contributed by atoms with Crippen LogP contribution in [0.4, 0.5) is 0 Å². The molecule has 0 aromatic carbocycles. The molecule has 10 heteroatoms. The predicted molar refractivity (Wildman–Crippen MR) is 92.0 cm³/mol. The van der Waals surface area contributed by atoms with Gasteiger partial charge in [-0.2, -0.15) is 10.1 Å². The molecule has 0 amide bonds. The zero-order valence-corrected chi connectivity index (χ0v) is 14.2. The lowest BCUT2D eigenvalue weighted by molar-refractivity contribution is 0.0600. The van der Waals surface area contributed by atoms with Gasteiger partial charge < -0.3 is 13.8 Å². The van der Waals surface area contributed by atoms with Gasteiger partial charge in [-0.1, -0.05) is 11.2 Å². The van der Waals surface area contributed by atoms with Crippen molar-refractivity contribution in [2.75, 3.05) is 7.11 Å². The summed E-state index contributed by atoms with van der Waals surface area (Å²) in [4.78, 5) is 32.4. The first-order chi connectivity index (χ1) is 13.2. The number of ether oxygens (including phenoxy) is 1. The van der Waals surface area contributed by atoms with Crippen molar-refractivity contribution in [1.29, 1.82) is 0 Å². The van der Waals surface area contributed by atoms with Gasteiger partial charge in [-0.3, -0.25) is 9.78 Å². The number of hydrogen-bond acceptors (Lipinski definition) is 8. The molecule has 2 aliphatic heterocycles. The molecule has 0 saturated heterocycles. The monoisotopic (exact) mass is 366 g/mol. The number of nitrogens with one attached hydrogen (secondary N) is 1. The van der Waals surface area contributed by atoms with E-state index in [-0.39, 0.29) is 16.8 Å². The number of H-pyrrole nitrogens is 1. The molecular formula is C17H14N6O4. The first kappa shape index (κ1) is 16.6. The Morgan fingerprint density at radius 3 is 3.00 bits per heavy atom. The van der Waals surface area contributed by atoms with E-state index >= 15 is 0 Å². The molecule has 4 heterocycles. The van der Waals surface area contributed by atoms with Gasteiger partial charge in [0.1, 0.15) is 17.0 Å². The Morgan fingerprint density at radius 2 is 2.22 bits per heavy atom. The Balaban J connectivity index is 1.58. The van der Waals surface area contributed by atoms with Crippen molar-refractivity contribution in [3.8, 4) is 22.8 Å². The number of aromatic amines is 1. The highest BCUT2D eigenvalue weighted by Gasteiger charge is 2.22. The number of aromatic nitrogens is 6. The molecule has 0 saturated carbocycles. The number of hydrogen-bond donors (Lipinski definition) is 1. The van der Waals surface area contributed by atoms with Gasteiger partial charge in [0.25, 0.3) is 5.56 Å². The number of carbonyl (C=O) groups is 1. The summed E-state index contributed by atoms with van der Waals surface area (Å²) in [5.74, 6) is 0.242.